The zero-order chi connectivity index (χ0) is 24.6. The van der Waals surface area contributed by atoms with E-state index in [-0.39, 0.29) is 11.7 Å². The number of hydrogen-bond donors (Lipinski definition) is 1. The van der Waals surface area contributed by atoms with Crippen molar-refractivity contribution >= 4 is 34.4 Å². The molecule has 0 saturated heterocycles. The zero-order valence-corrected chi connectivity index (χ0v) is 19.8. The predicted molar refractivity (Wildman–Crippen MR) is 132 cm³/mol. The number of ether oxygens (including phenoxy) is 1. The summed E-state index contributed by atoms with van der Waals surface area (Å²) in [6.07, 6.45) is 2.76. The molecule has 0 unspecified atom stereocenters. The Morgan fingerprint density at radius 3 is 2.46 bits per heavy atom. The van der Waals surface area contributed by atoms with Crippen LogP contribution in [0.1, 0.15) is 36.0 Å². The van der Waals surface area contributed by atoms with E-state index < -0.39 is 11.5 Å². The highest BCUT2D eigenvalue weighted by atomic mass is 35.5. The lowest BCUT2D eigenvalue weighted by Gasteiger charge is -2.27. The number of nitrogens with one attached hydrogen (secondary N) is 1. The van der Waals surface area contributed by atoms with E-state index in [2.05, 4.69) is 5.32 Å². The fourth-order valence-corrected chi connectivity index (χ4v) is 4.96. The maximum Gasteiger partial charge on any atom is 0.331 e. The van der Waals surface area contributed by atoms with E-state index in [1.54, 1.807) is 35.0 Å². The van der Waals surface area contributed by atoms with Gasteiger partial charge < -0.3 is 10.1 Å². The SMILES string of the molecule is COC(=O)C1(NC(=O)c2ccc3c(-c4ccccc4Cl)nn(-c4ccc(F)cc4)c3c2)CCCC1. The molecule has 178 valence electrons. The minimum absolute atomic E-state index is 0.360. The fourth-order valence-electron chi connectivity index (χ4n) is 4.73. The lowest BCUT2D eigenvalue weighted by atomic mass is 9.96. The maximum absolute atomic E-state index is 13.6. The predicted octanol–water partition coefficient (Wildman–Crippen LogP) is 5.70. The molecule has 8 heteroatoms. The van der Waals surface area contributed by atoms with Crippen LogP contribution in [-0.2, 0) is 9.53 Å². The Bertz CT molecular complexity index is 1430. The third-order valence-corrected chi connectivity index (χ3v) is 6.86. The van der Waals surface area contributed by atoms with Gasteiger partial charge in [-0.25, -0.2) is 13.9 Å². The van der Waals surface area contributed by atoms with Crippen LogP contribution in [-0.4, -0.2) is 34.3 Å². The molecule has 1 aliphatic rings. The lowest BCUT2D eigenvalue weighted by molar-refractivity contribution is -0.148. The third kappa shape index (κ3) is 4.17. The highest BCUT2D eigenvalue weighted by Gasteiger charge is 2.43. The molecule has 5 rings (SSSR count). The van der Waals surface area contributed by atoms with Gasteiger partial charge >= 0.3 is 5.97 Å². The van der Waals surface area contributed by atoms with Gasteiger partial charge in [-0.05, 0) is 61.4 Å². The standard InChI is InChI=1S/C27H23ClFN3O3/c1-35-26(34)27(14-4-5-15-27)30-25(33)17-8-13-21-23(16-17)32(19-11-9-18(29)10-12-19)31-24(21)20-6-2-3-7-22(20)28/h2-3,6-13,16H,4-5,14-15H2,1H3,(H,30,33). The van der Waals surface area contributed by atoms with Crippen molar-refractivity contribution in [2.75, 3.05) is 7.11 Å². The molecule has 6 nitrogen and oxygen atoms in total. The number of methoxy groups -OCH3 is 1. The van der Waals surface area contributed by atoms with Gasteiger partial charge in [-0.2, -0.15) is 5.10 Å². The molecule has 0 aliphatic heterocycles. The number of rotatable bonds is 5. The highest BCUT2D eigenvalue weighted by molar-refractivity contribution is 6.33. The molecule has 0 spiro atoms. The van der Waals surface area contributed by atoms with E-state index in [9.17, 15) is 14.0 Å². The van der Waals surface area contributed by atoms with Crippen LogP contribution >= 0.6 is 11.6 Å². The van der Waals surface area contributed by atoms with Crippen LogP contribution in [0.25, 0.3) is 27.8 Å². The molecule has 1 aromatic heterocycles. The Labute approximate surface area is 206 Å². The number of carbonyl (C=O) groups is 2. The molecule has 1 saturated carbocycles. The Hall–Kier alpha value is -3.71. The number of esters is 1. The van der Waals surface area contributed by atoms with Gasteiger partial charge in [-0.15, -0.1) is 0 Å². The second-order valence-corrected chi connectivity index (χ2v) is 9.09. The van der Waals surface area contributed by atoms with Crippen LogP contribution in [0.2, 0.25) is 5.02 Å². The molecule has 1 heterocycles. The second kappa shape index (κ2) is 9.15. The van der Waals surface area contributed by atoms with Crippen LogP contribution in [0.5, 0.6) is 0 Å². The first kappa shape index (κ1) is 23.1. The van der Waals surface area contributed by atoms with Gasteiger partial charge in [0, 0.05) is 16.5 Å². The minimum Gasteiger partial charge on any atom is -0.467 e. The van der Waals surface area contributed by atoms with Crippen molar-refractivity contribution < 1.29 is 18.7 Å². The molecule has 3 aromatic carbocycles. The Kier molecular flexibility index (Phi) is 6.03. The summed E-state index contributed by atoms with van der Waals surface area (Å²) in [6, 6.07) is 18.6. The summed E-state index contributed by atoms with van der Waals surface area (Å²) in [5.41, 5.74) is 2.03. The number of nitrogens with zero attached hydrogens (tertiary/aromatic N) is 2. The highest BCUT2D eigenvalue weighted by Crippen LogP contribution is 2.35. The third-order valence-electron chi connectivity index (χ3n) is 6.53. The summed E-state index contributed by atoms with van der Waals surface area (Å²) in [5, 5.41) is 9.03. The molecule has 4 aromatic rings. The number of carbonyl (C=O) groups excluding carboxylic acids is 2. The summed E-state index contributed by atoms with van der Waals surface area (Å²) in [5.74, 6) is -1.16. The van der Waals surface area contributed by atoms with Crippen molar-refractivity contribution in [3.8, 4) is 16.9 Å². The summed E-state index contributed by atoms with van der Waals surface area (Å²) in [7, 11) is 1.33. The van der Waals surface area contributed by atoms with Gasteiger partial charge in [0.25, 0.3) is 5.91 Å². The first-order chi connectivity index (χ1) is 16.9. The summed E-state index contributed by atoms with van der Waals surface area (Å²) < 4.78 is 20.2. The van der Waals surface area contributed by atoms with Crippen LogP contribution in [0.15, 0.2) is 66.7 Å². The molecule has 0 atom stereocenters. The first-order valence-corrected chi connectivity index (χ1v) is 11.7. The van der Waals surface area contributed by atoms with E-state index in [0.717, 1.165) is 23.8 Å². The molecule has 1 fully saturated rings. The molecule has 1 N–H and O–H groups in total. The van der Waals surface area contributed by atoms with Crippen molar-refractivity contribution in [1.29, 1.82) is 0 Å². The molecule has 35 heavy (non-hydrogen) atoms. The smallest absolute Gasteiger partial charge is 0.331 e. The molecular formula is C27H23ClFN3O3. The van der Waals surface area contributed by atoms with Gasteiger partial charge in [0.1, 0.15) is 17.1 Å². The Morgan fingerprint density at radius 1 is 1.06 bits per heavy atom. The van der Waals surface area contributed by atoms with Crippen LogP contribution in [0.3, 0.4) is 0 Å². The number of halogens is 2. The van der Waals surface area contributed by atoms with Gasteiger partial charge in [-0.1, -0.05) is 42.6 Å². The van der Waals surface area contributed by atoms with E-state index in [1.807, 2.05) is 24.3 Å². The quantitative estimate of drug-likeness (QED) is 0.363. The maximum atomic E-state index is 13.6. The summed E-state index contributed by atoms with van der Waals surface area (Å²) in [6.45, 7) is 0. The molecular weight excluding hydrogens is 469 g/mol. The average molecular weight is 492 g/mol. The number of aromatic nitrogens is 2. The van der Waals surface area contributed by atoms with Crippen molar-refractivity contribution in [2.45, 2.75) is 31.2 Å². The van der Waals surface area contributed by atoms with E-state index in [4.69, 9.17) is 21.4 Å². The van der Waals surface area contributed by atoms with E-state index >= 15 is 0 Å². The largest absolute Gasteiger partial charge is 0.467 e. The average Bonchev–Trinajstić information content (AvgIpc) is 3.50. The van der Waals surface area contributed by atoms with Gasteiger partial charge in [-0.3, -0.25) is 4.79 Å². The lowest BCUT2D eigenvalue weighted by Crippen LogP contribution is -2.53. The molecule has 1 aliphatic carbocycles. The topological polar surface area (TPSA) is 73.2 Å². The summed E-state index contributed by atoms with van der Waals surface area (Å²) >= 11 is 6.46. The molecule has 0 radical (unpaired) electrons. The van der Waals surface area contributed by atoms with Gasteiger partial charge in [0.15, 0.2) is 0 Å². The monoisotopic (exact) mass is 491 g/mol. The van der Waals surface area contributed by atoms with Gasteiger partial charge in [0.05, 0.1) is 23.3 Å². The number of benzene rings is 3. The van der Waals surface area contributed by atoms with Crippen molar-refractivity contribution in [3.05, 3.63) is 83.1 Å². The van der Waals surface area contributed by atoms with Crippen LogP contribution in [0, 0.1) is 5.82 Å². The zero-order valence-electron chi connectivity index (χ0n) is 19.1. The number of fused-ring (bicyclic) bond motifs is 1. The molecule has 1 amide bonds. The fraction of sp³-hybridized carbons (Fsp3) is 0.222. The van der Waals surface area contributed by atoms with Crippen molar-refractivity contribution in [3.63, 3.8) is 0 Å². The van der Waals surface area contributed by atoms with Crippen LogP contribution in [0.4, 0.5) is 4.39 Å². The minimum atomic E-state index is -1.01. The molecule has 0 bridgehead atoms. The Morgan fingerprint density at radius 2 is 1.77 bits per heavy atom. The number of hydrogen-bond acceptors (Lipinski definition) is 4. The number of amides is 1. The van der Waals surface area contributed by atoms with E-state index in [1.165, 1.54) is 19.2 Å². The summed E-state index contributed by atoms with van der Waals surface area (Å²) in [4.78, 5) is 25.8. The second-order valence-electron chi connectivity index (χ2n) is 8.68. The van der Waals surface area contributed by atoms with E-state index in [0.29, 0.717) is 40.3 Å². The van der Waals surface area contributed by atoms with Crippen LogP contribution < -0.4 is 5.32 Å². The normalized spacial score (nSPS) is 14.7. The Balaban J connectivity index is 1.62. The first-order valence-electron chi connectivity index (χ1n) is 11.4. The van der Waals surface area contributed by atoms with Crippen molar-refractivity contribution in [2.24, 2.45) is 0 Å². The van der Waals surface area contributed by atoms with Crippen molar-refractivity contribution in [1.82, 2.24) is 15.1 Å². The van der Waals surface area contributed by atoms with Gasteiger partial charge in [0.2, 0.25) is 0 Å².